The molecule has 0 bridgehead atoms. The zero-order valence-corrected chi connectivity index (χ0v) is 31.1. The summed E-state index contributed by atoms with van der Waals surface area (Å²) in [7, 11) is 1.80. The number of anilines is 1. The highest BCUT2D eigenvalue weighted by molar-refractivity contribution is 5.97. The Hall–Kier alpha value is -4.09. The average molecular weight is 717 g/mol. The monoisotopic (exact) mass is 716 g/mol. The van der Waals surface area contributed by atoms with Gasteiger partial charge in [-0.05, 0) is 106 Å². The predicted molar refractivity (Wildman–Crippen MR) is 208 cm³/mol. The zero-order chi connectivity index (χ0) is 35.9. The second kappa shape index (κ2) is 14.6. The molecule has 4 aliphatic rings. The number of H-pyrrole nitrogens is 1. The summed E-state index contributed by atoms with van der Waals surface area (Å²) >= 11 is 0. The van der Waals surface area contributed by atoms with Gasteiger partial charge in [0.25, 0.3) is 5.56 Å². The van der Waals surface area contributed by atoms with Gasteiger partial charge in [0.15, 0.2) is 11.9 Å². The molecule has 3 aromatic heterocycles. The van der Waals surface area contributed by atoms with Crippen molar-refractivity contribution in [2.24, 2.45) is 13.0 Å². The minimum Gasteiger partial charge on any atom is -0.358 e. The van der Waals surface area contributed by atoms with Crippen molar-refractivity contribution in [2.45, 2.75) is 88.7 Å². The second-order valence-corrected chi connectivity index (χ2v) is 15.9. The minimum atomic E-state index is -1.01. The fourth-order valence-corrected chi connectivity index (χ4v) is 8.73. The number of ether oxygens (including phenoxy) is 3. The van der Waals surface area contributed by atoms with Crippen LogP contribution in [0.3, 0.4) is 0 Å². The molecule has 9 rings (SSSR count). The third-order valence-electron chi connectivity index (χ3n) is 12.1. The number of aryl methyl sites for hydroxylation is 1. The summed E-state index contributed by atoms with van der Waals surface area (Å²) in [6.07, 6.45) is 13.4. The molecule has 2 atom stereocenters. The minimum absolute atomic E-state index is 0.0511. The maximum Gasteiger partial charge on any atom is 0.274 e. The molecule has 3 aliphatic heterocycles. The van der Waals surface area contributed by atoms with Crippen LogP contribution in [-0.4, -0.2) is 82.2 Å². The van der Waals surface area contributed by atoms with Crippen LogP contribution in [0.15, 0.2) is 71.8 Å². The molecule has 278 valence electrons. The Labute approximate surface area is 311 Å². The summed E-state index contributed by atoms with van der Waals surface area (Å²) in [4.78, 5) is 32.2. The van der Waals surface area contributed by atoms with Gasteiger partial charge in [-0.1, -0.05) is 43.3 Å². The van der Waals surface area contributed by atoms with Crippen LogP contribution in [0.1, 0.15) is 76.0 Å². The summed E-state index contributed by atoms with van der Waals surface area (Å²) in [5.41, 5.74) is 4.17. The molecule has 1 saturated carbocycles. The quantitative estimate of drug-likeness (QED) is 0.163. The fourth-order valence-electron chi connectivity index (χ4n) is 8.73. The van der Waals surface area contributed by atoms with Gasteiger partial charge in [-0.25, -0.2) is 9.97 Å². The van der Waals surface area contributed by atoms with Gasteiger partial charge in [-0.3, -0.25) is 4.79 Å². The fraction of sp³-hybridized carbons (Fsp3) is 0.512. The summed E-state index contributed by atoms with van der Waals surface area (Å²) in [5, 5.41) is 1.80. The van der Waals surface area contributed by atoms with E-state index in [1.165, 1.54) is 25.9 Å². The number of rotatable bonds is 10. The summed E-state index contributed by atoms with van der Waals surface area (Å²) in [5.74, 6) is 1.57. The van der Waals surface area contributed by atoms with Crippen molar-refractivity contribution in [3.63, 3.8) is 0 Å². The lowest BCUT2D eigenvalue weighted by Gasteiger charge is -2.41. The first kappa shape index (κ1) is 34.7. The third-order valence-corrected chi connectivity index (χ3v) is 12.1. The molecule has 10 heteroatoms. The Morgan fingerprint density at radius 2 is 1.72 bits per heavy atom. The van der Waals surface area contributed by atoms with Crippen LogP contribution in [0.4, 0.5) is 5.95 Å². The standard InChI is InChI=1S/C43H52N6O4/c1-29-16-21-48(22-17-29)32-18-23-49(24-19-32)42-45-37-14-11-30(36-27-47(2)41(50)39-34(36)15-20-44-39)26-35(37)40(46-42)43(53-33-12-13-33,31-8-4-3-5-9-31)28-52-38-10-6-7-25-51-38/h3-5,8-9,11,14-15,20,26-27,29,32-33,38,44H,6-7,10,12-13,16-19,21-25,28H2,1-2H3. The molecule has 10 nitrogen and oxygen atoms in total. The van der Waals surface area contributed by atoms with Gasteiger partial charge in [-0.15, -0.1) is 0 Å². The van der Waals surface area contributed by atoms with E-state index in [0.717, 1.165) is 109 Å². The molecule has 0 amide bonds. The van der Waals surface area contributed by atoms with Crippen molar-refractivity contribution in [1.29, 1.82) is 0 Å². The first-order chi connectivity index (χ1) is 25.9. The molecule has 53 heavy (non-hydrogen) atoms. The highest BCUT2D eigenvalue weighted by Gasteiger charge is 2.45. The van der Waals surface area contributed by atoms with E-state index in [4.69, 9.17) is 24.2 Å². The lowest BCUT2D eigenvalue weighted by molar-refractivity contribution is -0.197. The molecular formula is C43H52N6O4. The Kier molecular flexibility index (Phi) is 9.56. The van der Waals surface area contributed by atoms with E-state index in [-0.39, 0.29) is 24.6 Å². The number of hydrogen-bond donors (Lipinski definition) is 1. The molecule has 3 saturated heterocycles. The largest absolute Gasteiger partial charge is 0.358 e. The van der Waals surface area contributed by atoms with Gasteiger partial charge >= 0.3 is 0 Å². The molecular weight excluding hydrogens is 665 g/mol. The van der Waals surface area contributed by atoms with Crippen LogP contribution < -0.4 is 10.5 Å². The predicted octanol–water partition coefficient (Wildman–Crippen LogP) is 7.14. The molecule has 6 heterocycles. The van der Waals surface area contributed by atoms with Crippen LogP contribution >= 0.6 is 0 Å². The van der Waals surface area contributed by atoms with Gasteiger partial charge in [0.1, 0.15) is 5.52 Å². The van der Waals surface area contributed by atoms with E-state index in [1.807, 2.05) is 24.5 Å². The number of benzene rings is 2. The van der Waals surface area contributed by atoms with Gasteiger partial charge in [0, 0.05) is 61.5 Å². The van der Waals surface area contributed by atoms with Crippen molar-refractivity contribution < 1.29 is 14.2 Å². The summed E-state index contributed by atoms with van der Waals surface area (Å²) in [6.45, 7) is 7.60. The van der Waals surface area contributed by atoms with E-state index in [9.17, 15) is 4.79 Å². The molecule has 1 N–H and O–H groups in total. The van der Waals surface area contributed by atoms with Crippen molar-refractivity contribution in [2.75, 3.05) is 44.3 Å². The number of nitrogens with one attached hydrogen (secondary N) is 1. The van der Waals surface area contributed by atoms with E-state index in [0.29, 0.717) is 18.2 Å². The van der Waals surface area contributed by atoms with Crippen LogP contribution in [0.5, 0.6) is 0 Å². The number of nitrogens with zero attached hydrogens (tertiary/aromatic N) is 5. The molecule has 5 aromatic rings. The van der Waals surface area contributed by atoms with Crippen molar-refractivity contribution in [1.82, 2.24) is 24.4 Å². The van der Waals surface area contributed by atoms with Crippen molar-refractivity contribution in [3.8, 4) is 11.1 Å². The maximum atomic E-state index is 13.0. The summed E-state index contributed by atoms with van der Waals surface area (Å²) in [6, 6.07) is 19.5. The van der Waals surface area contributed by atoms with Crippen LogP contribution in [0.25, 0.3) is 32.9 Å². The number of aromatic amines is 1. The molecule has 2 aromatic carbocycles. The number of hydrogen-bond acceptors (Lipinski definition) is 8. The number of fused-ring (bicyclic) bond motifs is 2. The van der Waals surface area contributed by atoms with Gasteiger partial charge in [0.2, 0.25) is 5.95 Å². The first-order valence-corrected chi connectivity index (χ1v) is 19.9. The average Bonchev–Trinajstić information content (AvgIpc) is 3.89. The Morgan fingerprint density at radius 1 is 0.906 bits per heavy atom. The third kappa shape index (κ3) is 6.91. The van der Waals surface area contributed by atoms with E-state index >= 15 is 0 Å². The molecule has 1 aliphatic carbocycles. The number of piperidine rings is 2. The Balaban J connectivity index is 1.18. The summed E-state index contributed by atoms with van der Waals surface area (Å²) < 4.78 is 21.8. The number of aromatic nitrogens is 4. The highest BCUT2D eigenvalue weighted by Crippen LogP contribution is 2.44. The van der Waals surface area contributed by atoms with E-state index in [1.54, 1.807) is 11.6 Å². The van der Waals surface area contributed by atoms with Gasteiger partial charge in [0.05, 0.1) is 23.9 Å². The molecule has 0 radical (unpaired) electrons. The van der Waals surface area contributed by atoms with Crippen molar-refractivity contribution >= 4 is 27.8 Å². The lowest BCUT2D eigenvalue weighted by atomic mass is 9.87. The number of pyridine rings is 1. The normalized spacial score (nSPS) is 22.1. The maximum absolute atomic E-state index is 13.0. The van der Waals surface area contributed by atoms with E-state index in [2.05, 4.69) is 64.2 Å². The molecule has 4 fully saturated rings. The number of likely N-dealkylation sites (tertiary alicyclic amines) is 1. The molecule has 2 unspecified atom stereocenters. The zero-order valence-electron chi connectivity index (χ0n) is 31.1. The van der Waals surface area contributed by atoms with Crippen LogP contribution in [0.2, 0.25) is 0 Å². The Morgan fingerprint density at radius 3 is 2.47 bits per heavy atom. The van der Waals surface area contributed by atoms with Crippen LogP contribution in [0, 0.1) is 5.92 Å². The van der Waals surface area contributed by atoms with Gasteiger partial charge in [-0.2, -0.15) is 0 Å². The highest BCUT2D eigenvalue weighted by atomic mass is 16.7. The molecule has 0 spiro atoms. The van der Waals surface area contributed by atoms with Crippen molar-refractivity contribution in [3.05, 3.63) is 88.6 Å². The smallest absolute Gasteiger partial charge is 0.274 e. The van der Waals surface area contributed by atoms with E-state index < -0.39 is 5.60 Å². The first-order valence-electron chi connectivity index (χ1n) is 19.9. The SMILES string of the molecule is CC1CCN(C2CCN(c3nc(C(COC4CCCCO4)(OC4CC4)c4ccccc4)c4cc(-c5cn(C)c(=O)c6[nH]ccc56)ccc4n3)CC2)CC1. The second-order valence-electron chi connectivity index (χ2n) is 15.9. The lowest BCUT2D eigenvalue weighted by Crippen LogP contribution is -2.48. The van der Waals surface area contributed by atoms with Crippen LogP contribution in [-0.2, 0) is 26.9 Å². The Bertz CT molecular complexity index is 2110. The van der Waals surface area contributed by atoms with Gasteiger partial charge < -0.3 is 33.6 Å². The topological polar surface area (TPSA) is 97.7 Å².